The molecule has 0 atom stereocenters. The molecule has 100 valence electrons. The van der Waals surface area contributed by atoms with Crippen molar-refractivity contribution in [3.8, 4) is 0 Å². The summed E-state index contributed by atoms with van der Waals surface area (Å²) < 4.78 is 4.67. The summed E-state index contributed by atoms with van der Waals surface area (Å²) in [5, 5.41) is 6.96. The smallest absolute Gasteiger partial charge is 0.213 e. The number of rotatable bonds is 6. The van der Waals surface area contributed by atoms with E-state index in [0.717, 1.165) is 24.5 Å². The number of nitrogen functional groups attached to an aromatic ring is 1. The Bertz CT molecular complexity index is 538. The number of nitrogens with one attached hydrogen (secondary N) is 2. The molecule has 8 heteroatoms. The molecule has 8 nitrogen and oxygen atoms in total. The molecule has 0 radical (unpaired) electrons. The van der Waals surface area contributed by atoms with Gasteiger partial charge in [-0.25, -0.2) is 15.8 Å². The lowest BCUT2D eigenvalue weighted by Crippen LogP contribution is -2.13. The first-order chi connectivity index (χ1) is 9.35. The second-order valence-corrected chi connectivity index (χ2v) is 4.44. The Kier molecular flexibility index (Phi) is 3.23. The minimum Gasteiger partial charge on any atom is -0.369 e. The Morgan fingerprint density at radius 3 is 2.84 bits per heavy atom. The Morgan fingerprint density at radius 2 is 2.16 bits per heavy atom. The van der Waals surface area contributed by atoms with Crippen molar-refractivity contribution in [2.75, 3.05) is 17.3 Å². The maximum absolute atomic E-state index is 5.41. The normalized spacial score (nSPS) is 14.4. The lowest BCUT2D eigenvalue weighted by Gasteiger charge is -2.08. The molecule has 3 rings (SSSR count). The number of aromatic nitrogens is 4. The summed E-state index contributed by atoms with van der Waals surface area (Å²) in [5.41, 5.74) is 2.56. The van der Waals surface area contributed by atoms with Gasteiger partial charge in [0, 0.05) is 24.9 Å². The molecule has 1 aliphatic rings. The standard InChI is InChI=1S/C11H15N7O/c12-17-10-5-9(15-11(16-10)7-1-2-7)13-4-3-8-14-6-19-18-8/h5-7H,1-4,12H2,(H2,13,15,16,17). The topological polar surface area (TPSA) is 115 Å². The number of nitrogens with zero attached hydrogens (tertiary/aromatic N) is 4. The van der Waals surface area contributed by atoms with Gasteiger partial charge in [-0.15, -0.1) is 0 Å². The van der Waals surface area contributed by atoms with Crippen LogP contribution in [0.25, 0.3) is 0 Å². The minimum atomic E-state index is 0.478. The van der Waals surface area contributed by atoms with Crippen LogP contribution in [-0.4, -0.2) is 26.7 Å². The maximum Gasteiger partial charge on any atom is 0.213 e. The highest BCUT2D eigenvalue weighted by molar-refractivity contribution is 5.47. The lowest BCUT2D eigenvalue weighted by molar-refractivity contribution is 0.410. The van der Waals surface area contributed by atoms with E-state index in [1.54, 1.807) is 6.07 Å². The average molecular weight is 261 g/mol. The maximum atomic E-state index is 5.41. The number of hydrazine groups is 1. The number of anilines is 2. The fourth-order valence-electron chi connectivity index (χ4n) is 1.76. The van der Waals surface area contributed by atoms with Gasteiger partial charge >= 0.3 is 0 Å². The molecule has 0 saturated heterocycles. The molecule has 1 aliphatic carbocycles. The van der Waals surface area contributed by atoms with Crippen LogP contribution in [0.2, 0.25) is 0 Å². The molecule has 0 aromatic carbocycles. The average Bonchev–Trinajstić information content (AvgIpc) is 3.17. The Hall–Kier alpha value is -2.22. The molecular weight excluding hydrogens is 246 g/mol. The van der Waals surface area contributed by atoms with Crippen molar-refractivity contribution in [1.82, 2.24) is 20.1 Å². The molecule has 1 fully saturated rings. The molecule has 2 heterocycles. The molecule has 0 bridgehead atoms. The van der Waals surface area contributed by atoms with Crippen molar-refractivity contribution in [2.45, 2.75) is 25.2 Å². The molecular formula is C11H15N7O. The zero-order valence-corrected chi connectivity index (χ0v) is 10.3. The van der Waals surface area contributed by atoms with Crippen molar-refractivity contribution in [3.05, 3.63) is 24.1 Å². The van der Waals surface area contributed by atoms with Gasteiger partial charge in [0.05, 0.1) is 0 Å². The van der Waals surface area contributed by atoms with E-state index in [1.165, 1.54) is 6.39 Å². The van der Waals surface area contributed by atoms with Crippen LogP contribution >= 0.6 is 0 Å². The van der Waals surface area contributed by atoms with Crippen molar-refractivity contribution in [1.29, 1.82) is 0 Å². The zero-order chi connectivity index (χ0) is 13.1. The van der Waals surface area contributed by atoms with E-state index in [9.17, 15) is 0 Å². The van der Waals surface area contributed by atoms with Gasteiger partial charge in [0.25, 0.3) is 0 Å². The van der Waals surface area contributed by atoms with Crippen LogP contribution in [0.1, 0.15) is 30.4 Å². The molecule has 0 amide bonds. The van der Waals surface area contributed by atoms with E-state index in [-0.39, 0.29) is 0 Å². The van der Waals surface area contributed by atoms with Crippen molar-refractivity contribution < 1.29 is 4.52 Å². The van der Waals surface area contributed by atoms with Crippen molar-refractivity contribution >= 4 is 11.6 Å². The first-order valence-corrected chi connectivity index (χ1v) is 6.20. The highest BCUT2D eigenvalue weighted by atomic mass is 16.5. The summed E-state index contributed by atoms with van der Waals surface area (Å²) in [7, 11) is 0. The van der Waals surface area contributed by atoms with E-state index in [0.29, 0.717) is 30.5 Å². The highest BCUT2D eigenvalue weighted by Gasteiger charge is 2.27. The number of hydrogen-bond donors (Lipinski definition) is 3. The van der Waals surface area contributed by atoms with Gasteiger partial charge in [-0.3, -0.25) is 0 Å². The first-order valence-electron chi connectivity index (χ1n) is 6.20. The third-order valence-electron chi connectivity index (χ3n) is 2.90. The Balaban J connectivity index is 1.64. The van der Waals surface area contributed by atoms with E-state index < -0.39 is 0 Å². The summed E-state index contributed by atoms with van der Waals surface area (Å²) in [6.07, 6.45) is 4.29. The summed E-state index contributed by atoms with van der Waals surface area (Å²) in [6, 6.07) is 1.78. The summed E-state index contributed by atoms with van der Waals surface area (Å²) in [6.45, 7) is 0.671. The minimum absolute atomic E-state index is 0.478. The van der Waals surface area contributed by atoms with Gasteiger partial charge in [-0.05, 0) is 12.8 Å². The predicted molar refractivity (Wildman–Crippen MR) is 68.3 cm³/mol. The largest absolute Gasteiger partial charge is 0.369 e. The van der Waals surface area contributed by atoms with Crippen LogP contribution in [0.5, 0.6) is 0 Å². The first kappa shape index (κ1) is 11.8. The van der Waals surface area contributed by atoms with E-state index in [1.807, 2.05) is 0 Å². The quantitative estimate of drug-likeness (QED) is 0.513. The SMILES string of the molecule is NNc1cc(NCCc2ncon2)nc(C2CC2)n1. The molecule has 2 aromatic rings. The van der Waals surface area contributed by atoms with Crippen molar-refractivity contribution in [2.24, 2.45) is 5.84 Å². The molecule has 0 unspecified atom stereocenters. The molecule has 1 saturated carbocycles. The van der Waals surface area contributed by atoms with E-state index >= 15 is 0 Å². The van der Waals surface area contributed by atoms with Gasteiger partial charge in [-0.1, -0.05) is 5.16 Å². The van der Waals surface area contributed by atoms with Crippen LogP contribution in [-0.2, 0) is 6.42 Å². The van der Waals surface area contributed by atoms with Crippen LogP contribution in [0, 0.1) is 0 Å². The number of nitrogens with two attached hydrogens (primary N) is 1. The molecule has 2 aromatic heterocycles. The van der Waals surface area contributed by atoms with Gasteiger partial charge < -0.3 is 15.3 Å². The van der Waals surface area contributed by atoms with Crippen LogP contribution in [0.4, 0.5) is 11.6 Å². The monoisotopic (exact) mass is 261 g/mol. The lowest BCUT2D eigenvalue weighted by atomic mass is 10.3. The van der Waals surface area contributed by atoms with E-state index in [2.05, 4.69) is 35.4 Å². The van der Waals surface area contributed by atoms with Gasteiger partial charge in [0.15, 0.2) is 5.82 Å². The Morgan fingerprint density at radius 1 is 1.32 bits per heavy atom. The van der Waals surface area contributed by atoms with Crippen molar-refractivity contribution in [3.63, 3.8) is 0 Å². The summed E-state index contributed by atoms with van der Waals surface area (Å²) >= 11 is 0. The van der Waals surface area contributed by atoms with Crippen LogP contribution in [0.15, 0.2) is 17.0 Å². The van der Waals surface area contributed by atoms with Crippen LogP contribution < -0.4 is 16.6 Å². The van der Waals surface area contributed by atoms with Gasteiger partial charge in [0.1, 0.15) is 17.5 Å². The molecule has 0 spiro atoms. The zero-order valence-electron chi connectivity index (χ0n) is 10.3. The molecule has 19 heavy (non-hydrogen) atoms. The number of hydrogen-bond acceptors (Lipinski definition) is 8. The summed E-state index contributed by atoms with van der Waals surface area (Å²) in [5.74, 6) is 8.79. The highest BCUT2D eigenvalue weighted by Crippen LogP contribution is 2.38. The van der Waals surface area contributed by atoms with Crippen LogP contribution in [0.3, 0.4) is 0 Å². The predicted octanol–water partition coefficient (Wildman–Crippen LogP) is 0.677. The van der Waals surface area contributed by atoms with E-state index in [4.69, 9.17) is 5.84 Å². The summed E-state index contributed by atoms with van der Waals surface area (Å²) in [4.78, 5) is 12.8. The molecule has 0 aliphatic heterocycles. The third-order valence-corrected chi connectivity index (χ3v) is 2.90. The Labute approximate surface area is 109 Å². The fraction of sp³-hybridized carbons (Fsp3) is 0.455. The van der Waals surface area contributed by atoms with Gasteiger partial charge in [-0.2, -0.15) is 4.98 Å². The third kappa shape index (κ3) is 2.97. The van der Waals surface area contributed by atoms with Gasteiger partial charge in [0.2, 0.25) is 6.39 Å². The molecule has 4 N–H and O–H groups in total. The fourth-order valence-corrected chi connectivity index (χ4v) is 1.76. The second-order valence-electron chi connectivity index (χ2n) is 4.44. The second kappa shape index (κ2) is 5.19.